The van der Waals surface area contributed by atoms with Crippen LogP contribution in [0.5, 0.6) is 0 Å². The fraction of sp³-hybridized carbons (Fsp3) is 0.483. The van der Waals surface area contributed by atoms with Crippen molar-refractivity contribution in [3.05, 3.63) is 87.2 Å². The van der Waals surface area contributed by atoms with Crippen molar-refractivity contribution < 1.29 is 19.8 Å². The third kappa shape index (κ3) is 4.44. The number of aliphatic hydroxyl groups is 2. The molecule has 0 spiro atoms. The summed E-state index contributed by atoms with van der Waals surface area (Å²) >= 11 is 0. The molecular formula is C29H35N7O6. The highest BCUT2D eigenvalue weighted by atomic mass is 16.7. The molecule has 0 amide bonds. The van der Waals surface area contributed by atoms with Gasteiger partial charge in [0, 0.05) is 25.4 Å². The lowest BCUT2D eigenvalue weighted by Gasteiger charge is -2.57. The van der Waals surface area contributed by atoms with Crippen molar-refractivity contribution in [3.8, 4) is 5.69 Å². The standard InChI is InChI=1S/C29H35N7O6/c1-18(23-16-33(32-30-23)21(17-37)14-19-8-4-2-5-9-19)42-31-25-22-12-13-34-27(38)35(20-10-6-3-7-11-20)28(39)36(34)26(22)29(40)15-24(25)41-29/h2-11,18,21-24,26,30,32,37,40H,12-17H2,1H3/b31-25-/t18-,21+,22-,23?,24+,26-,29?/m1/s1. The number of hydrogen-bond acceptors (Lipinski definition) is 10. The van der Waals surface area contributed by atoms with Gasteiger partial charge in [0.05, 0.1) is 30.1 Å². The van der Waals surface area contributed by atoms with E-state index >= 15 is 0 Å². The molecule has 7 atom stereocenters. The minimum Gasteiger partial charge on any atom is -0.395 e. The van der Waals surface area contributed by atoms with Crippen molar-refractivity contribution in [3.63, 3.8) is 0 Å². The van der Waals surface area contributed by atoms with Crippen molar-refractivity contribution >= 4 is 5.71 Å². The number of fused-ring (bicyclic) bond motifs is 1. The smallest absolute Gasteiger partial charge is 0.352 e. The van der Waals surface area contributed by atoms with Crippen LogP contribution in [-0.4, -0.2) is 78.1 Å². The normalized spacial score (nSPS) is 30.8. The second kappa shape index (κ2) is 10.6. The molecule has 13 heteroatoms. The summed E-state index contributed by atoms with van der Waals surface area (Å²) in [5.41, 5.74) is 7.68. The van der Waals surface area contributed by atoms with E-state index in [9.17, 15) is 19.8 Å². The average Bonchev–Trinajstić information content (AvgIpc) is 3.58. The van der Waals surface area contributed by atoms with Crippen LogP contribution in [-0.2, 0) is 22.5 Å². The molecule has 2 bridgehead atoms. The van der Waals surface area contributed by atoms with Gasteiger partial charge in [-0.3, -0.25) is 0 Å². The molecule has 3 aromatic rings. The van der Waals surface area contributed by atoms with E-state index < -0.39 is 29.3 Å². The number of aromatic nitrogens is 3. The summed E-state index contributed by atoms with van der Waals surface area (Å²) in [6.45, 7) is 2.80. The summed E-state index contributed by atoms with van der Waals surface area (Å²) in [6.07, 6.45) is 0.711. The predicted octanol–water partition coefficient (Wildman–Crippen LogP) is -0.0891. The number of nitrogens with one attached hydrogen (secondary N) is 2. The number of nitrogens with zero attached hydrogens (tertiary/aromatic N) is 5. The zero-order valence-corrected chi connectivity index (χ0v) is 23.2. The van der Waals surface area contributed by atoms with E-state index in [0.29, 0.717) is 37.3 Å². The highest BCUT2D eigenvalue weighted by Crippen LogP contribution is 2.52. The van der Waals surface area contributed by atoms with Crippen LogP contribution in [0.25, 0.3) is 5.69 Å². The Labute approximate surface area is 241 Å². The fourth-order valence-corrected chi connectivity index (χ4v) is 6.75. The van der Waals surface area contributed by atoms with Crippen molar-refractivity contribution in [2.24, 2.45) is 11.1 Å². The molecule has 13 nitrogen and oxygen atoms in total. The zero-order valence-electron chi connectivity index (χ0n) is 23.2. The number of hydrazine groups is 2. The fourth-order valence-electron chi connectivity index (χ4n) is 6.75. The first-order valence-corrected chi connectivity index (χ1v) is 14.4. The van der Waals surface area contributed by atoms with E-state index in [1.807, 2.05) is 48.3 Å². The Hall–Kier alpha value is -3.59. The summed E-state index contributed by atoms with van der Waals surface area (Å²) in [5.74, 6) is -1.88. The SMILES string of the molecule is C[C@@H](O/N=C1\[C@@H]2CC(O)(O2)[C@H]2[C@@H]1CCn1c(=O)n(-c3ccccc3)c(=O)n12)C1CN([C@H](CO)Cc2ccccc2)NN1. The molecule has 1 aliphatic carbocycles. The van der Waals surface area contributed by atoms with Crippen LogP contribution in [0.15, 0.2) is 75.4 Å². The number of hydrogen-bond donors (Lipinski definition) is 4. The average molecular weight is 578 g/mol. The van der Waals surface area contributed by atoms with Crippen molar-refractivity contribution in [1.82, 2.24) is 29.9 Å². The molecule has 2 unspecified atom stereocenters. The number of benzene rings is 2. The monoisotopic (exact) mass is 577 g/mol. The highest BCUT2D eigenvalue weighted by Gasteiger charge is 2.64. The zero-order chi connectivity index (χ0) is 29.0. The van der Waals surface area contributed by atoms with Crippen LogP contribution in [0.3, 0.4) is 0 Å². The lowest BCUT2D eigenvalue weighted by molar-refractivity contribution is -0.347. The van der Waals surface area contributed by atoms with Crippen molar-refractivity contribution in [2.45, 2.75) is 68.9 Å². The topological polar surface area (TPSA) is 148 Å². The lowest BCUT2D eigenvalue weighted by Crippen LogP contribution is -2.70. The quantitative estimate of drug-likeness (QED) is 0.270. The van der Waals surface area contributed by atoms with Gasteiger partial charge in [-0.05, 0) is 37.5 Å². The van der Waals surface area contributed by atoms with Gasteiger partial charge in [-0.1, -0.05) is 53.7 Å². The number of para-hydroxylation sites is 1. The highest BCUT2D eigenvalue weighted by molar-refractivity contribution is 5.93. The Morgan fingerprint density at radius 1 is 1.12 bits per heavy atom. The van der Waals surface area contributed by atoms with Gasteiger partial charge in [-0.25, -0.2) is 34.0 Å². The predicted molar refractivity (Wildman–Crippen MR) is 152 cm³/mol. The Morgan fingerprint density at radius 2 is 1.83 bits per heavy atom. The van der Waals surface area contributed by atoms with Gasteiger partial charge in [0.15, 0.2) is 5.79 Å². The maximum atomic E-state index is 13.6. The maximum Gasteiger partial charge on any atom is 0.352 e. The van der Waals surface area contributed by atoms with Gasteiger partial charge in [-0.15, -0.1) is 0 Å². The van der Waals surface area contributed by atoms with Crippen LogP contribution in [0.4, 0.5) is 0 Å². The molecule has 4 aliphatic heterocycles. The van der Waals surface area contributed by atoms with Crippen molar-refractivity contribution in [1.29, 1.82) is 0 Å². The van der Waals surface area contributed by atoms with Gasteiger partial charge < -0.3 is 19.8 Å². The molecule has 0 radical (unpaired) electrons. The Morgan fingerprint density at radius 3 is 2.55 bits per heavy atom. The van der Waals surface area contributed by atoms with Gasteiger partial charge in [-0.2, -0.15) is 5.53 Å². The molecular weight excluding hydrogens is 542 g/mol. The molecule has 3 saturated heterocycles. The van der Waals surface area contributed by atoms with E-state index in [4.69, 9.17) is 9.57 Å². The first-order valence-electron chi connectivity index (χ1n) is 14.4. The van der Waals surface area contributed by atoms with Gasteiger partial charge in [0.2, 0.25) is 0 Å². The molecule has 5 aliphatic rings. The van der Waals surface area contributed by atoms with Gasteiger partial charge in [0.25, 0.3) is 0 Å². The second-order valence-electron chi connectivity index (χ2n) is 11.6. The van der Waals surface area contributed by atoms with Crippen LogP contribution < -0.4 is 22.3 Å². The lowest BCUT2D eigenvalue weighted by atomic mass is 9.70. The van der Waals surface area contributed by atoms with E-state index in [0.717, 1.165) is 10.1 Å². The maximum absolute atomic E-state index is 13.6. The van der Waals surface area contributed by atoms with Crippen LogP contribution in [0.2, 0.25) is 0 Å². The molecule has 42 heavy (non-hydrogen) atoms. The van der Waals surface area contributed by atoms with E-state index in [1.54, 1.807) is 24.3 Å². The van der Waals surface area contributed by atoms with Gasteiger partial charge in [0.1, 0.15) is 18.2 Å². The Bertz CT molecular complexity index is 1580. The third-order valence-corrected chi connectivity index (χ3v) is 9.01. The Balaban J connectivity index is 1.08. The first kappa shape index (κ1) is 27.3. The number of rotatable bonds is 8. The van der Waals surface area contributed by atoms with Gasteiger partial charge >= 0.3 is 11.4 Å². The molecule has 1 saturated carbocycles. The number of ether oxygens (including phenoxy) is 1. The number of aliphatic hydroxyl groups excluding tert-OH is 1. The van der Waals surface area contributed by atoms with E-state index in [-0.39, 0.29) is 37.1 Å². The molecule has 4 N–H and O–H groups in total. The third-order valence-electron chi connectivity index (χ3n) is 9.01. The summed E-state index contributed by atoms with van der Waals surface area (Å²) in [7, 11) is 0. The van der Waals surface area contributed by atoms with E-state index in [2.05, 4.69) is 16.1 Å². The summed E-state index contributed by atoms with van der Waals surface area (Å²) in [5, 5.41) is 27.9. The largest absolute Gasteiger partial charge is 0.395 e. The number of oxime groups is 1. The second-order valence-corrected chi connectivity index (χ2v) is 11.6. The minimum absolute atomic E-state index is 0.00469. The van der Waals surface area contributed by atoms with E-state index in [1.165, 1.54) is 9.36 Å². The minimum atomic E-state index is -1.56. The van der Waals surface area contributed by atoms with Crippen LogP contribution >= 0.6 is 0 Å². The Kier molecular flexibility index (Phi) is 6.88. The first-order chi connectivity index (χ1) is 20.4. The summed E-state index contributed by atoms with van der Waals surface area (Å²) < 4.78 is 9.76. The molecule has 8 rings (SSSR count). The van der Waals surface area contributed by atoms with Crippen molar-refractivity contribution in [2.75, 3.05) is 13.2 Å². The van der Waals surface area contributed by atoms with Crippen LogP contribution in [0, 0.1) is 5.92 Å². The summed E-state index contributed by atoms with van der Waals surface area (Å²) in [6, 6.07) is 17.8. The molecule has 2 aromatic carbocycles. The molecule has 222 valence electrons. The molecule has 4 fully saturated rings. The summed E-state index contributed by atoms with van der Waals surface area (Å²) in [4.78, 5) is 32.9. The molecule has 5 heterocycles. The van der Waals surface area contributed by atoms with Crippen LogP contribution in [0.1, 0.15) is 31.4 Å². The molecule has 1 aromatic heterocycles.